The van der Waals surface area contributed by atoms with Gasteiger partial charge in [0.1, 0.15) is 0 Å². The smallest absolute Gasteiger partial charge is 0.0996 e. The van der Waals surface area contributed by atoms with Gasteiger partial charge in [-0.25, -0.2) is 9.97 Å². The van der Waals surface area contributed by atoms with Crippen LogP contribution in [-0.4, -0.2) is 19.9 Å². The van der Waals surface area contributed by atoms with Crippen LogP contribution in [0.3, 0.4) is 0 Å². The summed E-state index contributed by atoms with van der Waals surface area (Å²) in [5, 5.41) is 95.4. The second kappa shape index (κ2) is 10.9. The normalized spacial score (nSPS) is 33.9. The third-order valence-corrected chi connectivity index (χ3v) is 41.9. The molecule has 3 aromatic heterocycles. The van der Waals surface area contributed by atoms with E-state index in [2.05, 4.69) is 55.8 Å². The molecule has 0 N–H and O–H groups in total. The Morgan fingerprint density at radius 1 is 0.308 bits per heavy atom. The van der Waals surface area contributed by atoms with Gasteiger partial charge in [-0.3, -0.25) is 9.97 Å². The Labute approximate surface area is 595 Å². The third-order valence-electron chi connectivity index (χ3n) is 41.9. The van der Waals surface area contributed by atoms with E-state index in [9.17, 15) is 0 Å². The molecule has 14 aliphatic carbocycles. The van der Waals surface area contributed by atoms with E-state index in [0.29, 0.717) is 28.6 Å². The van der Waals surface area contributed by atoms with E-state index in [1.165, 1.54) is 44.9 Å². The summed E-state index contributed by atoms with van der Waals surface area (Å²) in [4.78, 5) is 21.1. The van der Waals surface area contributed by atoms with Crippen LogP contribution in [0.1, 0.15) is 104 Å². The second-order valence-electron chi connectivity index (χ2n) is 41.7. The van der Waals surface area contributed by atoms with Gasteiger partial charge in [-0.2, -0.15) is 0 Å². The molecule has 6 saturated carbocycles. The molecule has 0 aliphatic heterocycles. The van der Waals surface area contributed by atoms with Crippen molar-refractivity contribution in [1.82, 2.24) is 19.9 Å². The van der Waals surface area contributed by atoms with Crippen LogP contribution in [0, 0.1) is 70.0 Å². The predicted octanol–water partition coefficient (Wildman–Crippen LogP) is 25.7. The number of nitrogens with zero attached hydrogens (tertiary/aromatic N) is 4. The number of fused-ring (bicyclic) bond motifs is 26. The van der Waals surface area contributed by atoms with Crippen molar-refractivity contribution in [2.75, 3.05) is 0 Å². The molecule has 0 unspecified atom stereocenters. The number of hydrogen-bond acceptors (Lipinski definition) is 4. The minimum absolute atomic E-state index is 0.182. The van der Waals surface area contributed by atoms with E-state index >= 15 is 0 Å². The maximum atomic E-state index is 5.65. The highest BCUT2D eigenvalue weighted by Crippen LogP contribution is 2.97. The molecule has 2 spiro atoms. The van der Waals surface area contributed by atoms with Crippen LogP contribution in [0.15, 0.2) is 59.9 Å². The summed E-state index contributed by atoms with van der Waals surface area (Å²) < 4.78 is 0. The van der Waals surface area contributed by atoms with Gasteiger partial charge in [0.15, 0.2) is 0 Å². The highest BCUT2D eigenvalue weighted by atomic mass is 14.9. The Balaban J connectivity index is 0.593. The van der Waals surface area contributed by atoms with E-state index in [-0.39, 0.29) is 10.8 Å². The number of allylic oxidation sites excluding steroid dienone is 2. The summed E-state index contributed by atoms with van der Waals surface area (Å²) in [5.41, 5.74) is 21.3. The lowest BCUT2D eigenvalue weighted by molar-refractivity contribution is -0.373. The highest BCUT2D eigenvalue weighted by molar-refractivity contribution is 6.82. The number of rotatable bonds is 0. The van der Waals surface area contributed by atoms with Crippen molar-refractivity contribution in [2.45, 2.75) is 81.5 Å². The SMILES string of the molecule is C[C@@]12[C@H]3[C@H]4C[C@H]([C@H]5[C@@H]4[C@H]4CC[C@@H]5C5=C(C4)CC46c7c8c9c%10c%11c%12c(c%13c%14c4c4c7c7c%15c8c8c9c9c%11c%11c%16c%12c%12c%13c%13c%14c%14c4c4c7c7c%15c%15c8c8c9c%11c9c%11c%16c%12c%12c%13c%13c%14c4c4c7c7c%15c8c9c8c%11c%12c%13c4c78)C%106C5)[C@H]3[C@]1(C)[C@@H]1[C@H]2[C@@H]2C[C@H]1c1cc3nc4c5cccnc5c5ncccc5c4nc3cc12. The van der Waals surface area contributed by atoms with Gasteiger partial charge >= 0.3 is 0 Å². The molecule has 14 aliphatic rings. The molecule has 30 aromatic carbocycles. The first kappa shape index (κ1) is 44.2. The minimum atomic E-state index is -0.191. The first-order valence-corrected chi connectivity index (χ1v) is 41.7. The summed E-state index contributed by atoms with van der Waals surface area (Å²) >= 11 is 0. The highest BCUT2D eigenvalue weighted by Gasteiger charge is 2.91. The van der Waals surface area contributed by atoms with Gasteiger partial charge in [-0.15, -0.1) is 0 Å². The maximum absolute atomic E-state index is 5.65. The molecule has 4 heteroatoms. The number of benzene rings is 20. The number of pyridine rings is 2. The van der Waals surface area contributed by atoms with Crippen molar-refractivity contribution in [1.29, 1.82) is 0 Å². The summed E-state index contributed by atoms with van der Waals surface area (Å²) in [6.45, 7) is 5.88. The zero-order valence-corrected chi connectivity index (χ0v) is 57.3. The first-order valence-electron chi connectivity index (χ1n) is 41.7. The summed E-state index contributed by atoms with van der Waals surface area (Å²) in [6, 6.07) is 13.6. The van der Waals surface area contributed by atoms with E-state index < -0.39 is 0 Å². The van der Waals surface area contributed by atoms with Crippen molar-refractivity contribution in [3.63, 3.8) is 0 Å². The molecule has 3 heterocycles. The molecular formula is C103H40N4. The summed E-state index contributed by atoms with van der Waals surface area (Å²) in [7, 11) is 0. The van der Waals surface area contributed by atoms with Crippen molar-refractivity contribution in [3.05, 3.63) is 93.3 Å². The molecule has 4 nitrogen and oxygen atoms in total. The monoisotopic (exact) mass is 1330 g/mol. The molecule has 0 radical (unpaired) electrons. The average molecular weight is 1330 g/mol. The summed E-state index contributed by atoms with van der Waals surface area (Å²) in [6.07, 6.45) is 13.4. The molecule has 0 saturated heterocycles. The van der Waals surface area contributed by atoms with E-state index in [4.69, 9.17) is 19.9 Å². The molecule has 6 fully saturated rings. The Kier molecular flexibility index (Phi) is 4.50. The molecule has 472 valence electrons. The Morgan fingerprint density at radius 2 is 0.617 bits per heavy atom. The fraction of sp³-hybridized carbons (Fsp3) is 0.243. The molecule has 0 amide bonds. The van der Waals surface area contributed by atoms with Crippen LogP contribution in [0.5, 0.6) is 0 Å². The molecular weight excluding hydrogens is 1290 g/mol. The van der Waals surface area contributed by atoms with Crippen molar-refractivity contribution in [2.24, 2.45) is 70.0 Å². The third kappa shape index (κ3) is 2.78. The van der Waals surface area contributed by atoms with Crippen LogP contribution < -0.4 is 0 Å². The molecule has 47 rings (SSSR count). The van der Waals surface area contributed by atoms with Crippen LogP contribution in [-0.2, 0) is 10.8 Å². The average Bonchev–Trinajstić information content (AvgIpc) is 1.39. The zero-order chi connectivity index (χ0) is 64.8. The lowest BCUT2D eigenvalue weighted by Gasteiger charge is -2.85. The fourth-order valence-electron chi connectivity index (χ4n) is 41.5. The van der Waals surface area contributed by atoms with Gasteiger partial charge in [0.25, 0.3) is 0 Å². The Morgan fingerprint density at radius 3 is 0.953 bits per heavy atom. The maximum Gasteiger partial charge on any atom is 0.0996 e. The molecule has 6 bridgehead atoms. The first-order chi connectivity index (χ1) is 53.0. The Bertz CT molecular complexity index is 10100. The predicted molar refractivity (Wildman–Crippen MR) is 437 cm³/mol. The van der Waals surface area contributed by atoms with Crippen molar-refractivity contribution in [3.8, 4) is 0 Å². The van der Waals surface area contributed by atoms with Gasteiger partial charge in [0.05, 0.1) is 33.1 Å². The van der Waals surface area contributed by atoms with Crippen LogP contribution >= 0.6 is 0 Å². The number of aromatic nitrogens is 4. The Hall–Kier alpha value is -10.9. The molecule has 33 aromatic rings. The van der Waals surface area contributed by atoms with Gasteiger partial charge in [-0.05, 0) is 487 Å². The lowest BCUT2D eigenvalue weighted by Crippen LogP contribution is -2.81. The number of hydrogen-bond donors (Lipinski definition) is 0. The topological polar surface area (TPSA) is 51.6 Å². The summed E-state index contributed by atoms with van der Waals surface area (Å²) in [5.74, 6) is 9.37. The quantitative estimate of drug-likeness (QED) is 0.0657. The van der Waals surface area contributed by atoms with Gasteiger partial charge in [0.2, 0.25) is 0 Å². The van der Waals surface area contributed by atoms with Crippen molar-refractivity contribution < 1.29 is 0 Å². The minimum Gasteiger partial charge on any atom is -0.254 e. The van der Waals surface area contributed by atoms with Crippen LogP contribution in [0.2, 0.25) is 0 Å². The van der Waals surface area contributed by atoms with E-state index in [1.54, 1.807) is 302 Å². The van der Waals surface area contributed by atoms with Crippen LogP contribution in [0.4, 0.5) is 0 Å². The van der Waals surface area contributed by atoms with Crippen molar-refractivity contribution >= 4 is 335 Å². The van der Waals surface area contributed by atoms with Gasteiger partial charge < -0.3 is 0 Å². The van der Waals surface area contributed by atoms with E-state index in [1.807, 2.05) is 40.2 Å². The van der Waals surface area contributed by atoms with Gasteiger partial charge in [0, 0.05) is 34.0 Å². The standard InChI is InChI=1S/C103H40N4/c1-100-88-25-12-26(24-15-31-30(14-23(24)25)106-98-21-5-3-9-104-96(21)97-22(99(98)107-31)6-4-10-105-97)89(88)101(100,2)91-28-13-27(90(91)100)32-18-7-8-20(33(28)32)29-17-103-94-84-74-64-54-46-38-35-34-36-40-42(38)50-56-48(40)58-52-44(36)45-37(34)41-43-39(35)47(46)55-61-51(43)57-49(41)59-53(45)63-62(52)72-66(58)76-70(56)78(68(74)60(50)54)86(94)82(76)92-80(72)81-73(63)67(59)77-71(57)79-69(61)75(65(55)64)85(84)95(103)87(79)83(77)93(81)102(92,103)16-19(29)11-18/h3-6,9-10,14-15,18,20,25-28,32-33,88-91H,7-8,11-13,16-17H2,1-2H3/t18-,20+,25+,26-,27-,28+,32+,33-,88+,89-,90-,91+,100+,101-,102?,103?/m0/s1. The molecule has 107 heavy (non-hydrogen) atoms. The fourth-order valence-corrected chi connectivity index (χ4v) is 41.5. The lowest BCUT2D eigenvalue weighted by atomic mass is 9.19. The second-order valence-corrected chi connectivity index (χ2v) is 41.7. The van der Waals surface area contributed by atoms with Crippen LogP contribution in [0.25, 0.3) is 335 Å². The zero-order valence-electron chi connectivity index (χ0n) is 57.3. The van der Waals surface area contributed by atoms with Gasteiger partial charge in [-0.1, -0.05) is 25.0 Å². The van der Waals surface area contributed by atoms with E-state index in [0.717, 1.165) is 97.1 Å². The largest absolute Gasteiger partial charge is 0.254 e. The molecule has 14 atom stereocenters.